The Labute approximate surface area is 99.7 Å². The molecule has 1 fully saturated rings. The fourth-order valence-electron chi connectivity index (χ4n) is 1.30. The molecule has 0 aromatic rings. The minimum atomic E-state index is -0.573. The van der Waals surface area contributed by atoms with Crippen molar-refractivity contribution in [2.24, 2.45) is 5.73 Å². The van der Waals surface area contributed by atoms with Gasteiger partial charge >= 0.3 is 5.97 Å². The summed E-state index contributed by atoms with van der Waals surface area (Å²) < 4.78 is 4.51. The van der Waals surface area contributed by atoms with Gasteiger partial charge in [-0.05, 0) is 18.6 Å². The Morgan fingerprint density at radius 3 is 2.69 bits per heavy atom. The summed E-state index contributed by atoms with van der Waals surface area (Å²) in [4.78, 5) is 24.3. The van der Waals surface area contributed by atoms with Gasteiger partial charge in [0.05, 0.1) is 12.9 Å². The average molecular weight is 246 g/mol. The van der Waals surface area contributed by atoms with E-state index in [0.717, 1.165) is 19.5 Å². The van der Waals surface area contributed by atoms with E-state index in [4.69, 9.17) is 5.73 Å². The lowest BCUT2D eigenvalue weighted by Crippen LogP contribution is -2.43. The molecule has 0 bridgehead atoms. The summed E-state index contributed by atoms with van der Waals surface area (Å²) in [5, 5.41) is 0. The number of nitrogens with two attached hydrogens (primary N) is 1. The molecule has 2 N–H and O–H groups in total. The van der Waals surface area contributed by atoms with Gasteiger partial charge in [-0.3, -0.25) is 9.59 Å². The summed E-state index contributed by atoms with van der Waals surface area (Å²) in [5.41, 5.74) is 5.56. The number of esters is 1. The van der Waals surface area contributed by atoms with Gasteiger partial charge in [0.2, 0.25) is 5.91 Å². The lowest BCUT2D eigenvalue weighted by atomic mass is 10.2. The van der Waals surface area contributed by atoms with Crippen LogP contribution in [0.3, 0.4) is 0 Å². The van der Waals surface area contributed by atoms with Crippen molar-refractivity contribution in [1.82, 2.24) is 4.90 Å². The molecule has 1 rings (SSSR count). The van der Waals surface area contributed by atoms with Crippen molar-refractivity contribution in [2.45, 2.75) is 18.9 Å². The van der Waals surface area contributed by atoms with Crippen LogP contribution in [0.1, 0.15) is 12.8 Å². The van der Waals surface area contributed by atoms with Crippen molar-refractivity contribution in [3.8, 4) is 0 Å². The Morgan fingerprint density at radius 2 is 2.19 bits per heavy atom. The number of carbonyl (C=O) groups excluding carboxylic acids is 2. The molecular formula is C10H18N2O3S. The van der Waals surface area contributed by atoms with Gasteiger partial charge < -0.3 is 15.4 Å². The smallest absolute Gasteiger partial charge is 0.322 e. The number of hydrogen-bond donors (Lipinski definition) is 1. The largest absolute Gasteiger partial charge is 0.468 e. The normalized spacial score (nSPS) is 16.5. The highest BCUT2D eigenvalue weighted by Crippen LogP contribution is 2.11. The van der Waals surface area contributed by atoms with Gasteiger partial charge in [-0.2, -0.15) is 11.8 Å². The Balaban J connectivity index is 2.02. The van der Waals surface area contributed by atoms with E-state index in [1.54, 1.807) is 0 Å². The molecule has 0 spiro atoms. The molecule has 1 aliphatic rings. The Kier molecular flexibility index (Phi) is 5.62. The van der Waals surface area contributed by atoms with Crippen LogP contribution in [0.5, 0.6) is 0 Å². The maximum absolute atomic E-state index is 11.4. The maximum atomic E-state index is 11.4. The van der Waals surface area contributed by atoms with Crippen molar-refractivity contribution < 1.29 is 14.3 Å². The third-order valence-electron chi connectivity index (χ3n) is 2.51. The molecule has 0 aromatic heterocycles. The first kappa shape index (κ1) is 13.3. The van der Waals surface area contributed by atoms with Crippen molar-refractivity contribution in [2.75, 3.05) is 31.7 Å². The molecule has 0 aliphatic carbocycles. The summed E-state index contributed by atoms with van der Waals surface area (Å²) in [7, 11) is 1.32. The van der Waals surface area contributed by atoms with E-state index in [0.29, 0.717) is 17.9 Å². The van der Waals surface area contributed by atoms with E-state index in [1.165, 1.54) is 18.9 Å². The third-order valence-corrected chi connectivity index (χ3v) is 3.49. The Morgan fingerprint density at radius 1 is 1.50 bits per heavy atom. The van der Waals surface area contributed by atoms with Crippen LogP contribution < -0.4 is 5.73 Å². The predicted octanol–water partition coefficient (Wildman–Crippen LogP) is -0.158. The van der Waals surface area contributed by atoms with E-state index in [2.05, 4.69) is 4.74 Å². The predicted molar refractivity (Wildman–Crippen MR) is 63.1 cm³/mol. The van der Waals surface area contributed by atoms with E-state index in [9.17, 15) is 9.59 Å². The van der Waals surface area contributed by atoms with Crippen LogP contribution in [-0.4, -0.2) is 54.5 Å². The van der Waals surface area contributed by atoms with Crippen molar-refractivity contribution in [3.05, 3.63) is 0 Å². The lowest BCUT2D eigenvalue weighted by Gasteiger charge is -2.30. The summed E-state index contributed by atoms with van der Waals surface area (Å²) in [5.74, 6) is 0.974. The second-order valence-electron chi connectivity index (χ2n) is 3.71. The zero-order chi connectivity index (χ0) is 12.0. The van der Waals surface area contributed by atoms with Gasteiger partial charge in [0.15, 0.2) is 0 Å². The van der Waals surface area contributed by atoms with Crippen LogP contribution in [-0.2, 0) is 14.3 Å². The topological polar surface area (TPSA) is 72.6 Å². The molecule has 1 amide bonds. The van der Waals surface area contributed by atoms with Gasteiger partial charge in [-0.15, -0.1) is 0 Å². The van der Waals surface area contributed by atoms with Gasteiger partial charge in [-0.25, -0.2) is 0 Å². The molecule has 0 radical (unpaired) electrons. The summed E-state index contributed by atoms with van der Waals surface area (Å²) in [6.07, 6.45) is 1.66. The number of methoxy groups -OCH3 is 1. The molecule has 0 saturated carbocycles. The Hall–Kier alpha value is -0.750. The zero-order valence-electron chi connectivity index (χ0n) is 9.48. The van der Waals surface area contributed by atoms with Crippen molar-refractivity contribution >= 4 is 23.6 Å². The molecule has 5 nitrogen and oxygen atoms in total. The first-order valence-corrected chi connectivity index (χ1v) is 6.49. The van der Waals surface area contributed by atoms with E-state index in [1.807, 2.05) is 4.90 Å². The average Bonchev–Trinajstić information content (AvgIpc) is 2.20. The summed E-state index contributed by atoms with van der Waals surface area (Å²) in [6.45, 7) is 1.78. The first-order chi connectivity index (χ1) is 7.65. The monoisotopic (exact) mass is 246 g/mol. The number of thioether (sulfide) groups is 1. The first-order valence-electron chi connectivity index (χ1n) is 5.34. The molecule has 6 heteroatoms. The van der Waals surface area contributed by atoms with Crippen LogP contribution in [0.15, 0.2) is 0 Å². The number of hydrogen-bond acceptors (Lipinski definition) is 5. The fourth-order valence-corrected chi connectivity index (χ4v) is 2.22. The van der Waals surface area contributed by atoms with Crippen LogP contribution in [0.4, 0.5) is 0 Å². The van der Waals surface area contributed by atoms with Crippen LogP contribution in [0.2, 0.25) is 0 Å². The minimum Gasteiger partial charge on any atom is -0.468 e. The van der Waals surface area contributed by atoms with Crippen molar-refractivity contribution in [3.63, 3.8) is 0 Å². The fraction of sp³-hybridized carbons (Fsp3) is 0.800. The SMILES string of the molecule is COC(=O)C(N)CCSCC(=O)N1CCC1. The van der Waals surface area contributed by atoms with Gasteiger partial charge in [-0.1, -0.05) is 0 Å². The number of carbonyl (C=O) groups is 2. The minimum absolute atomic E-state index is 0.183. The third kappa shape index (κ3) is 4.02. The van der Waals surface area contributed by atoms with Crippen LogP contribution in [0, 0.1) is 0 Å². The van der Waals surface area contributed by atoms with E-state index in [-0.39, 0.29) is 5.91 Å². The van der Waals surface area contributed by atoms with Gasteiger partial charge in [0.1, 0.15) is 6.04 Å². The molecule has 16 heavy (non-hydrogen) atoms. The highest BCUT2D eigenvalue weighted by molar-refractivity contribution is 7.99. The second kappa shape index (κ2) is 6.75. The Bertz CT molecular complexity index is 256. The molecule has 1 saturated heterocycles. The van der Waals surface area contributed by atoms with Crippen molar-refractivity contribution in [1.29, 1.82) is 0 Å². The highest BCUT2D eigenvalue weighted by Gasteiger charge is 2.20. The number of rotatable bonds is 6. The standard InChI is InChI=1S/C10H18N2O3S/c1-15-10(14)8(11)3-6-16-7-9(13)12-4-2-5-12/h8H,2-7,11H2,1H3. The molecular weight excluding hydrogens is 228 g/mol. The number of amides is 1. The summed E-state index contributed by atoms with van der Waals surface area (Å²) in [6, 6.07) is -0.573. The van der Waals surface area contributed by atoms with Gasteiger partial charge in [0.25, 0.3) is 0 Å². The number of ether oxygens (including phenoxy) is 1. The van der Waals surface area contributed by atoms with Crippen LogP contribution >= 0.6 is 11.8 Å². The maximum Gasteiger partial charge on any atom is 0.322 e. The van der Waals surface area contributed by atoms with E-state index >= 15 is 0 Å². The summed E-state index contributed by atoms with van der Waals surface area (Å²) >= 11 is 1.52. The number of likely N-dealkylation sites (tertiary alicyclic amines) is 1. The zero-order valence-corrected chi connectivity index (χ0v) is 10.3. The van der Waals surface area contributed by atoms with Crippen LogP contribution in [0.25, 0.3) is 0 Å². The molecule has 92 valence electrons. The lowest BCUT2D eigenvalue weighted by molar-refractivity contribution is -0.142. The second-order valence-corrected chi connectivity index (χ2v) is 4.81. The molecule has 1 aliphatic heterocycles. The molecule has 1 heterocycles. The number of nitrogens with zero attached hydrogens (tertiary/aromatic N) is 1. The quantitative estimate of drug-likeness (QED) is 0.521. The van der Waals surface area contributed by atoms with Gasteiger partial charge in [0, 0.05) is 13.1 Å². The molecule has 0 aromatic carbocycles. The molecule has 1 atom stereocenters. The molecule has 1 unspecified atom stereocenters. The van der Waals surface area contributed by atoms with E-state index < -0.39 is 12.0 Å². The highest BCUT2D eigenvalue weighted by atomic mass is 32.2.